The van der Waals surface area contributed by atoms with Crippen molar-refractivity contribution in [1.82, 2.24) is 10.6 Å². The summed E-state index contributed by atoms with van der Waals surface area (Å²) in [6.07, 6.45) is 7.34. The standard InChI is InChI=1S/C21H35N3O3S/c1-5-22-20(24-16-21(12-13-27-3)10-6-7-11-21)23-15-18-8-9-19(17(2)14-18)28(4,25)26/h8-9,14H,5-7,10-13,15-16H2,1-4H3,(H2,22,23,24). The van der Waals surface area contributed by atoms with Crippen LogP contribution in [-0.4, -0.2) is 47.4 Å². The lowest BCUT2D eigenvalue weighted by atomic mass is 9.83. The number of sulfone groups is 1. The van der Waals surface area contributed by atoms with Crippen LogP contribution >= 0.6 is 0 Å². The van der Waals surface area contributed by atoms with Gasteiger partial charge in [0.1, 0.15) is 0 Å². The predicted molar refractivity (Wildman–Crippen MR) is 115 cm³/mol. The molecule has 158 valence electrons. The van der Waals surface area contributed by atoms with Gasteiger partial charge in [-0.25, -0.2) is 13.4 Å². The Morgan fingerprint density at radius 1 is 1.25 bits per heavy atom. The van der Waals surface area contributed by atoms with Crippen molar-refractivity contribution in [2.24, 2.45) is 10.4 Å². The molecule has 6 nitrogen and oxygen atoms in total. The summed E-state index contributed by atoms with van der Waals surface area (Å²) in [4.78, 5) is 5.08. The van der Waals surface area contributed by atoms with Crippen molar-refractivity contribution in [2.45, 2.75) is 57.4 Å². The fourth-order valence-corrected chi connectivity index (χ4v) is 4.93. The minimum absolute atomic E-state index is 0.292. The van der Waals surface area contributed by atoms with Crippen LogP contribution in [0.1, 0.15) is 50.2 Å². The largest absolute Gasteiger partial charge is 0.385 e. The maximum absolute atomic E-state index is 11.8. The number of ether oxygens (including phenoxy) is 1. The maximum Gasteiger partial charge on any atom is 0.191 e. The first-order valence-electron chi connectivity index (χ1n) is 10.1. The minimum Gasteiger partial charge on any atom is -0.385 e. The van der Waals surface area contributed by atoms with Gasteiger partial charge in [0.05, 0.1) is 11.4 Å². The number of benzene rings is 1. The van der Waals surface area contributed by atoms with Crippen LogP contribution in [0.2, 0.25) is 0 Å². The Morgan fingerprint density at radius 2 is 1.96 bits per heavy atom. The van der Waals surface area contributed by atoms with Gasteiger partial charge in [0.2, 0.25) is 0 Å². The number of rotatable bonds is 9. The molecule has 1 aromatic rings. The second kappa shape index (κ2) is 10.3. The van der Waals surface area contributed by atoms with Gasteiger partial charge in [0.15, 0.2) is 15.8 Å². The van der Waals surface area contributed by atoms with Crippen molar-refractivity contribution in [3.05, 3.63) is 29.3 Å². The Labute approximate surface area is 170 Å². The third-order valence-corrected chi connectivity index (χ3v) is 6.79. The number of hydrogen-bond acceptors (Lipinski definition) is 4. The van der Waals surface area contributed by atoms with Crippen LogP contribution < -0.4 is 10.6 Å². The molecule has 0 spiro atoms. The number of guanidine groups is 1. The van der Waals surface area contributed by atoms with Crippen LogP contribution in [0.5, 0.6) is 0 Å². The molecule has 1 aromatic carbocycles. The predicted octanol–water partition coefficient (Wildman–Crippen LogP) is 3.05. The van der Waals surface area contributed by atoms with Gasteiger partial charge in [-0.05, 0) is 55.7 Å². The molecule has 0 radical (unpaired) electrons. The summed E-state index contributed by atoms with van der Waals surface area (Å²) >= 11 is 0. The highest BCUT2D eigenvalue weighted by molar-refractivity contribution is 7.90. The van der Waals surface area contributed by atoms with Crippen molar-refractivity contribution < 1.29 is 13.2 Å². The number of aliphatic imine (C=N–C) groups is 1. The Balaban J connectivity index is 2.04. The first-order chi connectivity index (χ1) is 13.3. The van der Waals surface area contributed by atoms with E-state index in [0.717, 1.165) is 43.2 Å². The average Bonchev–Trinajstić information content (AvgIpc) is 3.10. The highest BCUT2D eigenvalue weighted by Crippen LogP contribution is 2.40. The summed E-state index contributed by atoms with van der Waals surface area (Å²) in [5, 5.41) is 6.83. The fraction of sp³-hybridized carbons (Fsp3) is 0.667. The number of aryl methyl sites for hydroxylation is 1. The van der Waals surface area contributed by atoms with Crippen LogP contribution in [0, 0.1) is 12.3 Å². The molecule has 0 aliphatic heterocycles. The first kappa shape index (κ1) is 22.7. The van der Waals surface area contributed by atoms with Crippen LogP contribution in [0.3, 0.4) is 0 Å². The summed E-state index contributed by atoms with van der Waals surface area (Å²) < 4.78 is 28.9. The minimum atomic E-state index is -3.19. The molecule has 0 unspecified atom stereocenters. The molecule has 0 bridgehead atoms. The lowest BCUT2D eigenvalue weighted by Gasteiger charge is -2.30. The molecule has 2 N–H and O–H groups in total. The molecule has 7 heteroatoms. The SMILES string of the molecule is CCNC(=NCc1ccc(S(C)(=O)=O)c(C)c1)NCC1(CCOC)CCCC1. The molecule has 1 aliphatic carbocycles. The number of nitrogens with zero attached hydrogens (tertiary/aromatic N) is 1. The van der Waals surface area contributed by atoms with Gasteiger partial charge in [-0.3, -0.25) is 0 Å². The van der Waals surface area contributed by atoms with Crippen LogP contribution in [0.25, 0.3) is 0 Å². The quantitative estimate of drug-likeness (QED) is 0.484. The lowest BCUT2D eigenvalue weighted by Crippen LogP contribution is -2.43. The first-order valence-corrected chi connectivity index (χ1v) is 12.0. The van der Waals surface area contributed by atoms with E-state index in [4.69, 9.17) is 9.73 Å². The van der Waals surface area contributed by atoms with E-state index in [2.05, 4.69) is 17.6 Å². The molecule has 0 amide bonds. The topological polar surface area (TPSA) is 79.8 Å². The van der Waals surface area contributed by atoms with Gasteiger partial charge in [-0.15, -0.1) is 0 Å². The monoisotopic (exact) mass is 409 g/mol. The molecule has 28 heavy (non-hydrogen) atoms. The highest BCUT2D eigenvalue weighted by atomic mass is 32.2. The van der Waals surface area contributed by atoms with E-state index in [1.807, 2.05) is 19.1 Å². The van der Waals surface area contributed by atoms with Crippen LogP contribution in [0.15, 0.2) is 28.1 Å². The van der Waals surface area contributed by atoms with E-state index >= 15 is 0 Å². The molecular formula is C21H35N3O3S. The molecule has 0 aromatic heterocycles. The van der Waals surface area contributed by atoms with E-state index in [1.54, 1.807) is 13.2 Å². The summed E-state index contributed by atoms with van der Waals surface area (Å²) in [7, 11) is -1.43. The van der Waals surface area contributed by atoms with Gasteiger partial charge >= 0.3 is 0 Å². The lowest BCUT2D eigenvalue weighted by molar-refractivity contribution is 0.138. The molecule has 1 saturated carbocycles. The van der Waals surface area contributed by atoms with Crippen molar-refractivity contribution in [1.29, 1.82) is 0 Å². The highest BCUT2D eigenvalue weighted by Gasteiger charge is 2.33. The summed E-state index contributed by atoms with van der Waals surface area (Å²) in [5.41, 5.74) is 2.05. The fourth-order valence-electron chi connectivity index (χ4n) is 3.97. The number of hydrogen-bond donors (Lipinski definition) is 2. The third kappa shape index (κ3) is 6.48. The van der Waals surface area contributed by atoms with Gasteiger partial charge < -0.3 is 15.4 Å². The zero-order valence-corrected chi connectivity index (χ0v) is 18.5. The van der Waals surface area contributed by atoms with Gasteiger partial charge in [-0.1, -0.05) is 25.0 Å². The number of nitrogens with one attached hydrogen (secondary N) is 2. The number of methoxy groups -OCH3 is 1. The molecular weight excluding hydrogens is 374 g/mol. The summed E-state index contributed by atoms with van der Waals surface area (Å²) in [6.45, 7) is 6.87. The smallest absolute Gasteiger partial charge is 0.191 e. The van der Waals surface area contributed by atoms with Gasteiger partial charge in [-0.2, -0.15) is 0 Å². The Bertz CT molecular complexity index is 769. The van der Waals surface area contributed by atoms with E-state index in [1.165, 1.54) is 31.9 Å². The molecule has 2 rings (SSSR count). The summed E-state index contributed by atoms with van der Waals surface area (Å²) in [5.74, 6) is 0.802. The van der Waals surface area contributed by atoms with Crippen LogP contribution in [0.4, 0.5) is 0 Å². The zero-order chi connectivity index (χ0) is 20.6. The van der Waals surface area contributed by atoms with Crippen molar-refractivity contribution in [3.8, 4) is 0 Å². The Kier molecular flexibility index (Phi) is 8.31. The second-order valence-corrected chi connectivity index (χ2v) is 9.85. The van der Waals surface area contributed by atoms with Crippen molar-refractivity contribution in [2.75, 3.05) is 33.1 Å². The second-order valence-electron chi connectivity index (χ2n) is 7.87. The van der Waals surface area contributed by atoms with E-state index in [-0.39, 0.29) is 0 Å². The van der Waals surface area contributed by atoms with E-state index in [0.29, 0.717) is 16.9 Å². The third-order valence-electron chi connectivity index (χ3n) is 5.53. The zero-order valence-electron chi connectivity index (χ0n) is 17.7. The van der Waals surface area contributed by atoms with Crippen molar-refractivity contribution >= 4 is 15.8 Å². The van der Waals surface area contributed by atoms with Crippen LogP contribution in [-0.2, 0) is 21.1 Å². The normalized spacial score (nSPS) is 16.9. The maximum atomic E-state index is 11.8. The Hall–Kier alpha value is -1.60. The molecule has 1 fully saturated rings. The van der Waals surface area contributed by atoms with E-state index in [9.17, 15) is 8.42 Å². The molecule has 0 heterocycles. The van der Waals surface area contributed by atoms with Crippen molar-refractivity contribution in [3.63, 3.8) is 0 Å². The molecule has 0 atom stereocenters. The van der Waals surface area contributed by atoms with Gasteiger partial charge in [0.25, 0.3) is 0 Å². The molecule has 0 saturated heterocycles. The Morgan fingerprint density at radius 3 is 2.54 bits per heavy atom. The van der Waals surface area contributed by atoms with Gasteiger partial charge in [0, 0.05) is 33.1 Å². The summed E-state index contributed by atoms with van der Waals surface area (Å²) in [6, 6.07) is 5.42. The average molecular weight is 410 g/mol. The van der Waals surface area contributed by atoms with E-state index < -0.39 is 9.84 Å². The molecule has 1 aliphatic rings.